The molecule has 0 radical (unpaired) electrons. The Bertz CT molecular complexity index is 628. The molecule has 0 bridgehead atoms. The zero-order chi connectivity index (χ0) is 15.5. The molecule has 1 amide bonds. The van der Waals surface area contributed by atoms with Crippen LogP contribution in [0, 0.1) is 11.7 Å². The van der Waals surface area contributed by atoms with Gasteiger partial charge in [0.15, 0.2) is 0 Å². The highest BCUT2D eigenvalue weighted by molar-refractivity contribution is 7.92. The summed E-state index contributed by atoms with van der Waals surface area (Å²) in [7, 11) is -3.58. The molecule has 0 aromatic heterocycles. The highest BCUT2D eigenvalue weighted by Gasteiger charge is 2.21. The maximum Gasteiger partial charge on any atom is 0.229 e. The van der Waals surface area contributed by atoms with Crippen molar-refractivity contribution in [3.63, 3.8) is 0 Å². The molecule has 1 aromatic carbocycles. The van der Waals surface area contributed by atoms with Crippen molar-refractivity contribution in [3.05, 3.63) is 24.0 Å². The standard InChI is InChI=1S/C13H18FN3O3S/c1-21(19,20)17-12-7-10(4-5-11(12)14)16-13(18)9-3-2-6-15-8-9/h4-5,7,9,15,17H,2-3,6,8H2,1H3,(H,16,18)/t9-/m0/s1. The molecule has 1 atom stereocenters. The second-order valence-electron chi connectivity index (χ2n) is 5.10. The first-order valence-corrected chi connectivity index (χ1v) is 8.53. The van der Waals surface area contributed by atoms with Crippen LogP contribution in [0.3, 0.4) is 0 Å². The number of hydrogen-bond acceptors (Lipinski definition) is 4. The highest BCUT2D eigenvalue weighted by atomic mass is 32.2. The van der Waals surface area contributed by atoms with Gasteiger partial charge in [-0.3, -0.25) is 9.52 Å². The zero-order valence-corrected chi connectivity index (χ0v) is 12.5. The van der Waals surface area contributed by atoms with Gasteiger partial charge >= 0.3 is 0 Å². The van der Waals surface area contributed by atoms with Crippen LogP contribution in [0.15, 0.2) is 18.2 Å². The number of sulfonamides is 1. The average Bonchev–Trinajstić information content (AvgIpc) is 2.42. The van der Waals surface area contributed by atoms with E-state index in [1.54, 1.807) is 0 Å². The van der Waals surface area contributed by atoms with E-state index in [1.807, 2.05) is 0 Å². The number of nitrogens with one attached hydrogen (secondary N) is 3. The zero-order valence-electron chi connectivity index (χ0n) is 11.6. The molecule has 116 valence electrons. The maximum absolute atomic E-state index is 13.5. The fourth-order valence-electron chi connectivity index (χ4n) is 2.20. The Morgan fingerprint density at radius 1 is 1.43 bits per heavy atom. The Labute approximate surface area is 123 Å². The molecule has 6 nitrogen and oxygen atoms in total. The first kappa shape index (κ1) is 15.7. The van der Waals surface area contributed by atoms with Gasteiger partial charge in [0.2, 0.25) is 15.9 Å². The van der Waals surface area contributed by atoms with Crippen LogP contribution in [0.4, 0.5) is 15.8 Å². The van der Waals surface area contributed by atoms with Gasteiger partial charge in [-0.05, 0) is 37.6 Å². The first-order chi connectivity index (χ1) is 9.85. The number of halogens is 1. The first-order valence-electron chi connectivity index (χ1n) is 6.64. The van der Waals surface area contributed by atoms with E-state index in [2.05, 4.69) is 15.4 Å². The van der Waals surface area contributed by atoms with Crippen molar-refractivity contribution < 1.29 is 17.6 Å². The molecular weight excluding hydrogens is 297 g/mol. The molecule has 1 fully saturated rings. The molecule has 0 unspecified atom stereocenters. The van der Waals surface area contributed by atoms with Crippen LogP contribution in [-0.2, 0) is 14.8 Å². The van der Waals surface area contributed by atoms with Crippen molar-refractivity contribution in [2.75, 3.05) is 29.4 Å². The number of rotatable bonds is 4. The summed E-state index contributed by atoms with van der Waals surface area (Å²) in [6.07, 6.45) is 2.67. The molecule has 1 aliphatic heterocycles. The average molecular weight is 315 g/mol. The van der Waals surface area contributed by atoms with Gasteiger partial charge in [0, 0.05) is 12.2 Å². The van der Waals surface area contributed by atoms with Crippen LogP contribution in [0.2, 0.25) is 0 Å². The monoisotopic (exact) mass is 315 g/mol. The van der Waals surface area contributed by atoms with Crippen molar-refractivity contribution in [3.8, 4) is 0 Å². The van der Waals surface area contributed by atoms with Gasteiger partial charge in [0.25, 0.3) is 0 Å². The molecular formula is C13H18FN3O3S. The fourth-order valence-corrected chi connectivity index (χ4v) is 2.76. The highest BCUT2D eigenvalue weighted by Crippen LogP contribution is 2.21. The van der Waals surface area contributed by atoms with E-state index in [0.29, 0.717) is 12.2 Å². The third-order valence-corrected chi connectivity index (χ3v) is 3.79. The van der Waals surface area contributed by atoms with Crippen LogP contribution < -0.4 is 15.4 Å². The molecule has 2 rings (SSSR count). The minimum absolute atomic E-state index is 0.130. The maximum atomic E-state index is 13.5. The molecule has 3 N–H and O–H groups in total. The largest absolute Gasteiger partial charge is 0.326 e. The molecule has 1 heterocycles. The Kier molecular flexibility index (Phi) is 4.79. The smallest absolute Gasteiger partial charge is 0.229 e. The Morgan fingerprint density at radius 3 is 2.81 bits per heavy atom. The molecule has 1 saturated heterocycles. The SMILES string of the molecule is CS(=O)(=O)Nc1cc(NC(=O)[C@H]2CCCNC2)ccc1F. The third kappa shape index (κ3) is 4.68. The predicted octanol–water partition coefficient (Wildman–Crippen LogP) is 1.14. The van der Waals surface area contributed by atoms with Crippen molar-refractivity contribution in [1.82, 2.24) is 5.32 Å². The van der Waals surface area contributed by atoms with Gasteiger partial charge < -0.3 is 10.6 Å². The van der Waals surface area contributed by atoms with Gasteiger partial charge in [0.1, 0.15) is 5.82 Å². The van der Waals surface area contributed by atoms with E-state index in [-0.39, 0.29) is 17.5 Å². The van der Waals surface area contributed by atoms with Gasteiger partial charge in [-0.2, -0.15) is 0 Å². The lowest BCUT2D eigenvalue weighted by molar-refractivity contribution is -0.120. The third-order valence-electron chi connectivity index (χ3n) is 3.20. The van der Waals surface area contributed by atoms with Crippen molar-refractivity contribution in [2.45, 2.75) is 12.8 Å². The minimum Gasteiger partial charge on any atom is -0.326 e. The minimum atomic E-state index is -3.58. The molecule has 1 aromatic rings. The van der Waals surface area contributed by atoms with Gasteiger partial charge in [-0.15, -0.1) is 0 Å². The summed E-state index contributed by atoms with van der Waals surface area (Å²) >= 11 is 0. The summed E-state index contributed by atoms with van der Waals surface area (Å²) in [5, 5.41) is 5.83. The number of anilines is 2. The van der Waals surface area contributed by atoms with E-state index in [9.17, 15) is 17.6 Å². The van der Waals surface area contributed by atoms with Crippen LogP contribution in [0.1, 0.15) is 12.8 Å². The number of amides is 1. The summed E-state index contributed by atoms with van der Waals surface area (Å²) in [5.41, 5.74) is 0.176. The lowest BCUT2D eigenvalue weighted by atomic mass is 9.99. The van der Waals surface area contributed by atoms with Crippen molar-refractivity contribution in [2.24, 2.45) is 5.92 Å². The molecule has 0 saturated carbocycles. The summed E-state index contributed by atoms with van der Waals surface area (Å²) in [5.74, 6) is -0.980. The number of carbonyl (C=O) groups is 1. The number of hydrogen-bond donors (Lipinski definition) is 3. The van der Waals surface area contributed by atoms with Crippen molar-refractivity contribution in [1.29, 1.82) is 0 Å². The molecule has 0 spiro atoms. The number of benzene rings is 1. The second-order valence-corrected chi connectivity index (χ2v) is 6.85. The lowest BCUT2D eigenvalue weighted by Gasteiger charge is -2.22. The fraction of sp³-hybridized carbons (Fsp3) is 0.462. The summed E-state index contributed by atoms with van der Waals surface area (Å²) in [6.45, 7) is 1.52. The van der Waals surface area contributed by atoms with Crippen LogP contribution in [0.25, 0.3) is 0 Å². The summed E-state index contributed by atoms with van der Waals surface area (Å²) < 4.78 is 37.9. The predicted molar refractivity (Wildman–Crippen MR) is 79.1 cm³/mol. The van der Waals surface area contributed by atoms with E-state index in [0.717, 1.165) is 31.7 Å². The molecule has 8 heteroatoms. The van der Waals surface area contributed by atoms with Crippen LogP contribution in [-0.4, -0.2) is 33.7 Å². The summed E-state index contributed by atoms with van der Waals surface area (Å²) in [6, 6.07) is 3.78. The van der Waals surface area contributed by atoms with E-state index >= 15 is 0 Å². The topological polar surface area (TPSA) is 87.3 Å². The quantitative estimate of drug-likeness (QED) is 0.777. The molecule has 0 aliphatic carbocycles. The number of piperidine rings is 1. The van der Waals surface area contributed by atoms with Gasteiger partial charge in [-0.1, -0.05) is 0 Å². The van der Waals surface area contributed by atoms with Crippen molar-refractivity contribution >= 4 is 27.3 Å². The Morgan fingerprint density at radius 2 is 2.19 bits per heavy atom. The summed E-state index contributed by atoms with van der Waals surface area (Å²) in [4.78, 5) is 12.1. The normalized spacial score (nSPS) is 19.0. The van der Waals surface area contributed by atoms with Crippen LogP contribution in [0.5, 0.6) is 0 Å². The Balaban J connectivity index is 2.09. The molecule has 1 aliphatic rings. The van der Waals surface area contributed by atoms with Gasteiger partial charge in [-0.25, -0.2) is 12.8 Å². The number of carbonyl (C=O) groups excluding carboxylic acids is 1. The van der Waals surface area contributed by atoms with E-state index in [4.69, 9.17) is 0 Å². The van der Waals surface area contributed by atoms with E-state index < -0.39 is 15.8 Å². The molecule has 21 heavy (non-hydrogen) atoms. The lowest BCUT2D eigenvalue weighted by Crippen LogP contribution is -2.37. The van der Waals surface area contributed by atoms with Gasteiger partial charge in [0.05, 0.1) is 17.9 Å². The van der Waals surface area contributed by atoms with Crippen LogP contribution >= 0.6 is 0 Å². The second kappa shape index (κ2) is 6.40. The Hall–Kier alpha value is -1.67. The van der Waals surface area contributed by atoms with E-state index in [1.165, 1.54) is 12.1 Å².